The average molecular weight is 902 g/mol. The molecule has 9 aromatic carbocycles. The summed E-state index contributed by atoms with van der Waals surface area (Å²) in [6.07, 6.45) is -10.1. The molecule has 0 saturated heterocycles. The van der Waals surface area contributed by atoms with Crippen LogP contribution in [0.15, 0.2) is 188 Å². The molecule has 0 atom stereocenters. The van der Waals surface area contributed by atoms with Gasteiger partial charge in [-0.15, -0.1) is 0 Å². The fourth-order valence-electron chi connectivity index (χ4n) is 9.72. The first-order chi connectivity index (χ1) is 32.8. The van der Waals surface area contributed by atoms with E-state index >= 15 is 0 Å². The van der Waals surface area contributed by atoms with Crippen LogP contribution in [0.25, 0.3) is 99.5 Å². The van der Waals surface area contributed by atoms with Gasteiger partial charge in [-0.3, -0.25) is 0 Å². The van der Waals surface area contributed by atoms with Crippen LogP contribution < -0.4 is 0 Å². The second kappa shape index (κ2) is 15.9. The van der Waals surface area contributed by atoms with Gasteiger partial charge in [0.25, 0.3) is 0 Å². The van der Waals surface area contributed by atoms with Crippen molar-refractivity contribution in [3.63, 3.8) is 0 Å². The first-order valence-corrected chi connectivity index (χ1v) is 21.9. The second-order valence-corrected chi connectivity index (χ2v) is 17.2. The molecular formula is C59H37F6N3. The lowest BCUT2D eigenvalue weighted by molar-refractivity contribution is -0.142. The van der Waals surface area contributed by atoms with Gasteiger partial charge in [-0.05, 0) is 120 Å². The summed E-state index contributed by atoms with van der Waals surface area (Å²) >= 11 is 0. The van der Waals surface area contributed by atoms with Gasteiger partial charge >= 0.3 is 12.4 Å². The van der Waals surface area contributed by atoms with Crippen LogP contribution in [0.1, 0.15) is 27.8 Å². The number of hydrogen-bond acceptors (Lipinski definition) is 1. The molecular weight excluding hydrogens is 865 g/mol. The Labute approximate surface area is 387 Å². The third kappa shape index (κ3) is 7.08. The minimum Gasteiger partial charge on any atom is -0.309 e. The fourth-order valence-corrected chi connectivity index (χ4v) is 9.72. The number of alkyl halides is 6. The van der Waals surface area contributed by atoms with Gasteiger partial charge in [0.15, 0.2) is 0 Å². The molecule has 0 unspecified atom stereocenters. The number of nitriles is 1. The molecule has 0 radical (unpaired) electrons. The van der Waals surface area contributed by atoms with Crippen molar-refractivity contribution in [1.29, 1.82) is 5.26 Å². The molecule has 0 aliphatic carbocycles. The van der Waals surface area contributed by atoms with Crippen molar-refractivity contribution in [3.05, 3.63) is 216 Å². The molecule has 0 aliphatic heterocycles. The Bertz CT molecular complexity index is 3840. The van der Waals surface area contributed by atoms with Gasteiger partial charge in [-0.2, -0.15) is 31.6 Å². The Morgan fingerprint density at radius 3 is 1.43 bits per heavy atom. The molecule has 2 aromatic heterocycles. The van der Waals surface area contributed by atoms with Crippen LogP contribution in [0.3, 0.4) is 0 Å². The van der Waals surface area contributed by atoms with E-state index in [1.54, 1.807) is 24.3 Å². The van der Waals surface area contributed by atoms with Crippen LogP contribution in [0.5, 0.6) is 0 Å². The normalized spacial score (nSPS) is 12.1. The Morgan fingerprint density at radius 1 is 0.397 bits per heavy atom. The van der Waals surface area contributed by atoms with Gasteiger partial charge in [0.05, 0.1) is 56.2 Å². The van der Waals surface area contributed by atoms with Gasteiger partial charge in [0.2, 0.25) is 0 Å². The highest BCUT2D eigenvalue weighted by Crippen LogP contribution is 2.47. The number of benzene rings is 9. The molecule has 11 rings (SSSR count). The number of hydrogen-bond donors (Lipinski definition) is 0. The maximum Gasteiger partial charge on any atom is 0.417 e. The zero-order valence-electron chi connectivity index (χ0n) is 36.5. The number of aryl methyl sites for hydroxylation is 2. The van der Waals surface area contributed by atoms with Crippen molar-refractivity contribution in [1.82, 2.24) is 9.13 Å². The lowest BCUT2D eigenvalue weighted by Gasteiger charge is -2.22. The quantitative estimate of drug-likeness (QED) is 0.153. The highest BCUT2D eigenvalue weighted by atomic mass is 19.4. The molecule has 68 heavy (non-hydrogen) atoms. The number of fused-ring (bicyclic) bond motifs is 6. The fraction of sp³-hybridized carbons (Fsp3) is 0.0678. The number of halogens is 6. The Kier molecular flexibility index (Phi) is 9.90. The standard InChI is InChI=1S/C59H37F6N3/c1-35-14-18-37(19-15-35)39-22-27-53-47(30-39)45-9-3-5-11-51(45)67(53)55-29-24-41(44-26-25-43(58(60,61)62)33-50(44)59(63,64)65)32-49(55)57-42(34-66)8-7-13-56(57)68-52-12-6-4-10-46(52)48-31-40(23-28-54(48)68)38-20-16-36(2)17-21-38/h3-33H,1-2H3. The van der Waals surface area contributed by atoms with Gasteiger partial charge in [-0.25, -0.2) is 0 Å². The third-order valence-electron chi connectivity index (χ3n) is 13.0. The topological polar surface area (TPSA) is 33.6 Å². The summed E-state index contributed by atoms with van der Waals surface area (Å²) in [4.78, 5) is 0. The maximum atomic E-state index is 15.0. The van der Waals surface area contributed by atoms with E-state index in [9.17, 15) is 31.6 Å². The molecule has 0 bridgehead atoms. The molecule has 0 saturated carbocycles. The largest absolute Gasteiger partial charge is 0.417 e. The smallest absolute Gasteiger partial charge is 0.309 e. The number of para-hydroxylation sites is 2. The van der Waals surface area contributed by atoms with E-state index < -0.39 is 29.0 Å². The SMILES string of the molecule is Cc1ccc(-c2ccc3c(c2)c2ccccc2n3-c2ccc(-c3ccc(C(F)(F)F)cc3C(F)(F)F)cc2-c2c(C#N)cccc2-n2c3ccccc3c3cc(-c4ccc(C)cc4)ccc32)cc1. The van der Waals surface area contributed by atoms with Crippen LogP contribution in [0.4, 0.5) is 26.3 Å². The summed E-state index contributed by atoms with van der Waals surface area (Å²) in [5.41, 5.74) is 8.59. The average Bonchev–Trinajstić information content (AvgIpc) is 3.85. The van der Waals surface area contributed by atoms with E-state index in [1.165, 1.54) is 6.07 Å². The highest BCUT2D eigenvalue weighted by Gasteiger charge is 2.38. The maximum absolute atomic E-state index is 15.0. The Hall–Kier alpha value is -8.35. The zero-order valence-corrected chi connectivity index (χ0v) is 36.5. The third-order valence-corrected chi connectivity index (χ3v) is 13.0. The van der Waals surface area contributed by atoms with Crippen LogP contribution in [-0.4, -0.2) is 9.13 Å². The molecule has 3 nitrogen and oxygen atoms in total. The van der Waals surface area contributed by atoms with Crippen LogP contribution >= 0.6 is 0 Å². The summed E-state index contributed by atoms with van der Waals surface area (Å²) in [7, 11) is 0. The van der Waals surface area contributed by atoms with Crippen molar-refractivity contribution < 1.29 is 26.3 Å². The van der Waals surface area contributed by atoms with Crippen molar-refractivity contribution in [2.24, 2.45) is 0 Å². The lowest BCUT2D eigenvalue weighted by atomic mass is 9.90. The van der Waals surface area contributed by atoms with Crippen molar-refractivity contribution in [2.45, 2.75) is 26.2 Å². The summed E-state index contributed by atoms with van der Waals surface area (Å²) < 4.78 is 90.9. The molecule has 0 N–H and O–H groups in total. The van der Waals surface area contributed by atoms with E-state index in [1.807, 2.05) is 86.6 Å². The van der Waals surface area contributed by atoms with Gasteiger partial charge < -0.3 is 9.13 Å². The number of nitrogens with zero attached hydrogens (tertiary/aromatic N) is 3. The minimum absolute atomic E-state index is 0.0240. The molecule has 0 aliphatic rings. The summed E-state index contributed by atoms with van der Waals surface area (Å²) in [6, 6.07) is 59.1. The molecule has 0 fully saturated rings. The second-order valence-electron chi connectivity index (χ2n) is 17.2. The van der Waals surface area contributed by atoms with Crippen LogP contribution in [-0.2, 0) is 12.4 Å². The lowest BCUT2D eigenvalue weighted by Crippen LogP contribution is -2.12. The van der Waals surface area contributed by atoms with E-state index in [4.69, 9.17) is 0 Å². The van der Waals surface area contributed by atoms with Gasteiger partial charge in [0.1, 0.15) is 0 Å². The molecule has 0 spiro atoms. The summed E-state index contributed by atoms with van der Waals surface area (Å²) in [5.74, 6) is 0. The van der Waals surface area contributed by atoms with Crippen molar-refractivity contribution >= 4 is 43.6 Å². The van der Waals surface area contributed by atoms with E-state index in [2.05, 4.69) is 81.9 Å². The molecule has 9 heteroatoms. The number of aromatic nitrogens is 2. The predicted molar refractivity (Wildman–Crippen MR) is 261 cm³/mol. The monoisotopic (exact) mass is 901 g/mol. The summed E-state index contributed by atoms with van der Waals surface area (Å²) in [5, 5.41) is 14.8. The van der Waals surface area contributed by atoms with Crippen LogP contribution in [0, 0.1) is 25.2 Å². The minimum atomic E-state index is -5.13. The van der Waals surface area contributed by atoms with Crippen molar-refractivity contribution in [2.75, 3.05) is 0 Å². The highest BCUT2D eigenvalue weighted by molar-refractivity contribution is 6.13. The van der Waals surface area contributed by atoms with Gasteiger partial charge in [-0.1, -0.05) is 126 Å². The van der Waals surface area contributed by atoms with Crippen molar-refractivity contribution in [3.8, 4) is 62.0 Å². The Balaban J connectivity index is 1.23. The first-order valence-electron chi connectivity index (χ1n) is 21.9. The first kappa shape index (κ1) is 42.3. The molecule has 330 valence electrons. The van der Waals surface area contributed by atoms with E-state index in [0.29, 0.717) is 28.6 Å². The van der Waals surface area contributed by atoms with E-state index in [0.717, 1.165) is 83.1 Å². The van der Waals surface area contributed by atoms with Crippen LogP contribution in [0.2, 0.25) is 0 Å². The van der Waals surface area contributed by atoms with Gasteiger partial charge in [0, 0.05) is 32.7 Å². The zero-order chi connectivity index (χ0) is 47.1. The van der Waals surface area contributed by atoms with E-state index in [-0.39, 0.29) is 17.2 Å². The molecule has 2 heterocycles. The summed E-state index contributed by atoms with van der Waals surface area (Å²) in [6.45, 7) is 4.07. The molecule has 11 aromatic rings. The molecule has 0 amide bonds. The number of rotatable bonds is 6. The Morgan fingerprint density at radius 2 is 0.897 bits per heavy atom. The predicted octanol–water partition coefficient (Wildman–Crippen LogP) is 17.1.